The lowest BCUT2D eigenvalue weighted by molar-refractivity contribution is -0.157. The third-order valence-electron chi connectivity index (χ3n) is 13.8. The summed E-state index contributed by atoms with van der Waals surface area (Å²) in [6, 6.07) is 0. The number of carbonyl (C=O) groups excluding carboxylic acids is 2. The van der Waals surface area contributed by atoms with Crippen LogP contribution in [0.15, 0.2) is 12.2 Å². The van der Waals surface area contributed by atoms with Crippen LogP contribution in [0.1, 0.15) is 119 Å². The van der Waals surface area contributed by atoms with Crippen LogP contribution in [0, 0.1) is 56.7 Å². The maximum atomic E-state index is 12.9. The van der Waals surface area contributed by atoms with Crippen LogP contribution in [0.25, 0.3) is 0 Å². The Hall–Kier alpha value is -1.12. The number of fused-ring (bicyclic) bond motifs is 2. The minimum absolute atomic E-state index is 0.115. The van der Waals surface area contributed by atoms with Gasteiger partial charge in [-0.1, -0.05) is 53.7 Å². The zero-order valence-electron chi connectivity index (χ0n) is 24.3. The van der Waals surface area contributed by atoms with E-state index in [0.717, 1.165) is 24.7 Å². The van der Waals surface area contributed by atoms with Gasteiger partial charge >= 0.3 is 5.97 Å². The van der Waals surface area contributed by atoms with E-state index in [9.17, 15) is 9.59 Å². The molecule has 5 aliphatic rings. The summed E-state index contributed by atoms with van der Waals surface area (Å²) in [6.45, 7) is 20.8. The highest BCUT2D eigenvalue weighted by Gasteiger charge is 2.82. The summed E-state index contributed by atoms with van der Waals surface area (Å²) >= 11 is 0. The van der Waals surface area contributed by atoms with Crippen molar-refractivity contribution >= 4 is 11.8 Å². The van der Waals surface area contributed by atoms with Crippen LogP contribution in [0.5, 0.6) is 0 Å². The van der Waals surface area contributed by atoms with E-state index in [0.29, 0.717) is 45.9 Å². The normalized spacial score (nSPS) is 46.0. The first-order valence-corrected chi connectivity index (χ1v) is 15.1. The molecule has 0 aliphatic heterocycles. The van der Waals surface area contributed by atoms with Gasteiger partial charge < -0.3 is 4.74 Å². The molecule has 3 heteroatoms. The molecule has 0 heterocycles. The Labute approximate surface area is 220 Å². The van der Waals surface area contributed by atoms with Crippen molar-refractivity contribution in [3.63, 3.8) is 0 Å². The van der Waals surface area contributed by atoms with Crippen molar-refractivity contribution in [3.05, 3.63) is 12.2 Å². The average Bonchev–Trinajstić information content (AvgIpc) is 3.40. The molecule has 5 saturated carbocycles. The van der Waals surface area contributed by atoms with Crippen molar-refractivity contribution in [1.29, 1.82) is 0 Å². The van der Waals surface area contributed by atoms with Gasteiger partial charge in [0.2, 0.25) is 0 Å². The summed E-state index contributed by atoms with van der Waals surface area (Å²) in [6.07, 6.45) is 13.8. The van der Waals surface area contributed by atoms with Crippen LogP contribution in [0.3, 0.4) is 0 Å². The quantitative estimate of drug-likeness (QED) is 0.264. The molecule has 2 spiro atoms. The number of rotatable bonds is 7. The van der Waals surface area contributed by atoms with Crippen molar-refractivity contribution in [3.8, 4) is 0 Å². The predicted molar refractivity (Wildman–Crippen MR) is 145 cm³/mol. The van der Waals surface area contributed by atoms with E-state index < -0.39 is 0 Å². The van der Waals surface area contributed by atoms with E-state index in [1.807, 2.05) is 0 Å². The molecule has 0 amide bonds. The van der Waals surface area contributed by atoms with Crippen LogP contribution in [-0.4, -0.2) is 18.4 Å². The fourth-order valence-electron chi connectivity index (χ4n) is 11.3. The highest BCUT2D eigenvalue weighted by Crippen LogP contribution is 2.88. The zero-order valence-corrected chi connectivity index (χ0v) is 24.3. The van der Waals surface area contributed by atoms with Gasteiger partial charge in [0.25, 0.3) is 0 Å². The first-order valence-electron chi connectivity index (χ1n) is 15.1. The van der Waals surface area contributed by atoms with Gasteiger partial charge in [-0.25, -0.2) is 0 Å². The average molecular weight is 497 g/mol. The summed E-state index contributed by atoms with van der Waals surface area (Å²) in [5.41, 5.74) is 2.96. The minimum atomic E-state index is -0.203. The zero-order chi connectivity index (χ0) is 26.3. The van der Waals surface area contributed by atoms with Crippen molar-refractivity contribution in [2.45, 2.75) is 119 Å². The van der Waals surface area contributed by atoms with Gasteiger partial charge in [0.1, 0.15) is 5.78 Å². The number of hydrogen-bond acceptors (Lipinski definition) is 3. The molecule has 36 heavy (non-hydrogen) atoms. The van der Waals surface area contributed by atoms with Crippen molar-refractivity contribution in [2.75, 3.05) is 6.61 Å². The van der Waals surface area contributed by atoms with Gasteiger partial charge in [-0.15, -0.1) is 0 Å². The molecule has 5 aliphatic carbocycles. The van der Waals surface area contributed by atoms with Crippen LogP contribution in [0.4, 0.5) is 0 Å². The monoisotopic (exact) mass is 496 g/mol. The Morgan fingerprint density at radius 3 is 2.33 bits per heavy atom. The summed E-state index contributed by atoms with van der Waals surface area (Å²) in [7, 11) is 0. The van der Waals surface area contributed by atoms with Crippen LogP contribution < -0.4 is 0 Å². The summed E-state index contributed by atoms with van der Waals surface area (Å²) in [5, 5.41) is 0. The molecule has 202 valence electrons. The molecule has 9 atom stereocenters. The Balaban J connectivity index is 1.29. The summed E-state index contributed by atoms with van der Waals surface area (Å²) in [5.74, 6) is 3.50. The minimum Gasteiger partial charge on any atom is -0.465 e. The van der Waals surface area contributed by atoms with E-state index >= 15 is 0 Å². The second-order valence-electron chi connectivity index (χ2n) is 15.2. The molecule has 0 N–H and O–H groups in total. The van der Waals surface area contributed by atoms with Gasteiger partial charge in [-0.3, -0.25) is 9.59 Å². The molecule has 5 rings (SSSR count). The lowest BCUT2D eigenvalue weighted by Gasteiger charge is -2.62. The van der Waals surface area contributed by atoms with Gasteiger partial charge in [0, 0.05) is 24.7 Å². The Morgan fingerprint density at radius 2 is 1.64 bits per heavy atom. The topological polar surface area (TPSA) is 43.4 Å². The van der Waals surface area contributed by atoms with Gasteiger partial charge in [-0.05, 0) is 110 Å². The molecule has 0 radical (unpaired) electrons. The smallest absolute Gasteiger partial charge is 0.302 e. The Kier molecular flexibility index (Phi) is 6.21. The maximum absolute atomic E-state index is 12.9. The molecule has 0 bridgehead atoms. The number of carbonyl (C=O) groups is 2. The van der Waals surface area contributed by atoms with E-state index in [-0.39, 0.29) is 17.3 Å². The Morgan fingerprint density at radius 1 is 0.972 bits per heavy atom. The van der Waals surface area contributed by atoms with E-state index in [1.165, 1.54) is 70.3 Å². The molecule has 0 aromatic heterocycles. The van der Waals surface area contributed by atoms with Crippen molar-refractivity contribution in [2.24, 2.45) is 56.7 Å². The summed E-state index contributed by atoms with van der Waals surface area (Å²) in [4.78, 5) is 24.1. The standard InChI is InChI=1S/C33H52O3/c1-21(23(3)19-36-24(4)34)9-10-22(2)25-13-15-31(8)27-12-11-26-29(5,6)28(35)14-16-32(26)20-33(27,32)18-17-30(25,31)7/h22-23,25-27H,1,9-20H2,2-8H3/t22-,23?,25-,26+,27+,30-,31+,32-,33+/m1/s1. The third-order valence-corrected chi connectivity index (χ3v) is 13.8. The molecule has 5 fully saturated rings. The van der Waals surface area contributed by atoms with Crippen molar-refractivity contribution in [1.82, 2.24) is 0 Å². The van der Waals surface area contributed by atoms with Crippen LogP contribution in [0.2, 0.25) is 0 Å². The SMILES string of the molecule is C=C(CC[C@@H](C)[C@H]1CC[C@@]2(C)[C@@H]3CC[C@H]4C(C)(C)C(=O)CC[C@@]45C[C@@]35CC[C@]12C)C(C)COC(C)=O. The fraction of sp³-hybridized carbons (Fsp3) is 0.879. The molecule has 0 aromatic rings. The number of esters is 1. The van der Waals surface area contributed by atoms with Gasteiger partial charge in [-0.2, -0.15) is 0 Å². The second kappa shape index (κ2) is 8.44. The summed E-state index contributed by atoms with van der Waals surface area (Å²) < 4.78 is 5.23. The van der Waals surface area contributed by atoms with E-state index in [1.54, 1.807) is 0 Å². The predicted octanol–water partition coefficient (Wildman–Crippen LogP) is 8.17. The molecular weight excluding hydrogens is 444 g/mol. The van der Waals surface area contributed by atoms with Crippen LogP contribution >= 0.6 is 0 Å². The molecule has 3 nitrogen and oxygen atoms in total. The largest absolute Gasteiger partial charge is 0.465 e. The third kappa shape index (κ3) is 3.42. The first kappa shape index (κ1) is 26.5. The molecule has 0 aromatic carbocycles. The van der Waals surface area contributed by atoms with E-state index in [2.05, 4.69) is 48.1 Å². The Bertz CT molecular complexity index is 949. The molecule has 1 unspecified atom stereocenters. The maximum Gasteiger partial charge on any atom is 0.302 e. The van der Waals surface area contributed by atoms with Crippen molar-refractivity contribution < 1.29 is 14.3 Å². The number of Topliss-reactive ketones (excluding diaryl/α,β-unsaturated/α-hetero) is 1. The van der Waals surface area contributed by atoms with E-state index in [4.69, 9.17) is 4.74 Å². The number of hydrogen-bond donors (Lipinski definition) is 0. The second-order valence-corrected chi connectivity index (χ2v) is 15.2. The highest BCUT2D eigenvalue weighted by molar-refractivity contribution is 5.86. The highest BCUT2D eigenvalue weighted by atomic mass is 16.5. The lowest BCUT2D eigenvalue weighted by atomic mass is 9.42. The number of ether oxygens (including phenoxy) is 1. The first-order chi connectivity index (χ1) is 16.8. The van der Waals surface area contributed by atoms with Gasteiger partial charge in [0.05, 0.1) is 6.61 Å². The fourth-order valence-corrected chi connectivity index (χ4v) is 11.3. The molecule has 0 saturated heterocycles. The van der Waals surface area contributed by atoms with Crippen LogP contribution in [-0.2, 0) is 14.3 Å². The molecular formula is C33H52O3. The van der Waals surface area contributed by atoms with Gasteiger partial charge in [0.15, 0.2) is 0 Å². The lowest BCUT2D eigenvalue weighted by Crippen LogP contribution is -2.57. The number of ketones is 1.